The molecular weight excluding hydrogens is 266 g/mol. The Balaban J connectivity index is 2.18. The highest BCUT2D eigenvalue weighted by Gasteiger charge is 2.09. The number of benzene rings is 1. The van der Waals surface area contributed by atoms with E-state index in [1.165, 1.54) is 12.4 Å². The fraction of sp³-hybridized carbons (Fsp3) is 0.154. The van der Waals surface area contributed by atoms with Crippen LogP contribution < -0.4 is 4.90 Å². The maximum atomic E-state index is 10.8. The van der Waals surface area contributed by atoms with E-state index in [4.69, 9.17) is 16.7 Å². The number of rotatable bonds is 4. The summed E-state index contributed by atoms with van der Waals surface area (Å²) < 4.78 is 0. The van der Waals surface area contributed by atoms with E-state index in [2.05, 4.69) is 9.97 Å². The standard InChI is InChI=1S/C13H12ClN3O2/c1-17(8-9-3-2-4-10(14)5-9)12-7-15-6-11(16-12)13(18)19/h2-7H,8H2,1H3,(H,18,19). The molecule has 5 nitrogen and oxygen atoms in total. The second-order valence-electron chi connectivity index (χ2n) is 4.05. The van der Waals surface area contributed by atoms with Gasteiger partial charge in [-0.2, -0.15) is 0 Å². The van der Waals surface area contributed by atoms with Crippen LogP contribution in [0.1, 0.15) is 16.1 Å². The van der Waals surface area contributed by atoms with Crippen LogP contribution in [0.3, 0.4) is 0 Å². The Kier molecular flexibility index (Phi) is 3.97. The zero-order chi connectivity index (χ0) is 13.8. The van der Waals surface area contributed by atoms with Gasteiger partial charge in [0.15, 0.2) is 5.69 Å². The van der Waals surface area contributed by atoms with Gasteiger partial charge in [-0.25, -0.2) is 9.78 Å². The Morgan fingerprint density at radius 2 is 2.21 bits per heavy atom. The summed E-state index contributed by atoms with van der Waals surface area (Å²) in [6.07, 6.45) is 2.75. The molecule has 0 spiro atoms. The molecule has 0 aliphatic rings. The lowest BCUT2D eigenvalue weighted by Gasteiger charge is -2.18. The van der Waals surface area contributed by atoms with Crippen LogP contribution in [0, 0.1) is 0 Å². The number of anilines is 1. The van der Waals surface area contributed by atoms with Crippen LogP contribution in [-0.4, -0.2) is 28.1 Å². The van der Waals surface area contributed by atoms with Crippen LogP contribution >= 0.6 is 11.6 Å². The third-order valence-corrected chi connectivity index (χ3v) is 2.78. The van der Waals surface area contributed by atoms with Gasteiger partial charge in [0.2, 0.25) is 0 Å². The lowest BCUT2D eigenvalue weighted by molar-refractivity contribution is 0.0690. The molecule has 0 aliphatic carbocycles. The summed E-state index contributed by atoms with van der Waals surface area (Å²) in [6.45, 7) is 0.568. The average Bonchev–Trinajstić information content (AvgIpc) is 2.39. The van der Waals surface area contributed by atoms with Crippen molar-refractivity contribution in [2.45, 2.75) is 6.54 Å². The van der Waals surface area contributed by atoms with Gasteiger partial charge in [-0.15, -0.1) is 0 Å². The molecule has 1 N–H and O–H groups in total. The van der Waals surface area contributed by atoms with Crippen molar-refractivity contribution in [2.75, 3.05) is 11.9 Å². The first-order valence-electron chi connectivity index (χ1n) is 5.57. The highest BCUT2D eigenvalue weighted by molar-refractivity contribution is 6.30. The summed E-state index contributed by atoms with van der Waals surface area (Å²) >= 11 is 5.92. The number of halogens is 1. The van der Waals surface area contributed by atoms with E-state index in [1.807, 2.05) is 30.1 Å². The average molecular weight is 278 g/mol. The number of carboxylic acids is 1. The van der Waals surface area contributed by atoms with Crippen molar-refractivity contribution in [3.05, 3.63) is 52.9 Å². The lowest BCUT2D eigenvalue weighted by Crippen LogP contribution is -2.19. The second-order valence-corrected chi connectivity index (χ2v) is 4.49. The Bertz CT molecular complexity index is 604. The topological polar surface area (TPSA) is 66.3 Å². The molecule has 2 aromatic rings. The summed E-state index contributed by atoms with van der Waals surface area (Å²) in [5, 5.41) is 9.54. The van der Waals surface area contributed by atoms with Crippen LogP contribution in [0.25, 0.3) is 0 Å². The van der Waals surface area contributed by atoms with Crippen LogP contribution in [0.2, 0.25) is 5.02 Å². The second kappa shape index (κ2) is 5.67. The highest BCUT2D eigenvalue weighted by Crippen LogP contribution is 2.15. The van der Waals surface area contributed by atoms with E-state index in [0.717, 1.165) is 5.56 Å². The van der Waals surface area contributed by atoms with Crippen molar-refractivity contribution in [3.63, 3.8) is 0 Å². The molecule has 2 rings (SSSR count). The Morgan fingerprint density at radius 1 is 1.42 bits per heavy atom. The molecule has 0 bridgehead atoms. The monoisotopic (exact) mass is 277 g/mol. The minimum Gasteiger partial charge on any atom is -0.476 e. The van der Waals surface area contributed by atoms with Crippen molar-refractivity contribution in [3.8, 4) is 0 Å². The number of aromatic carboxylic acids is 1. The van der Waals surface area contributed by atoms with E-state index in [-0.39, 0.29) is 5.69 Å². The van der Waals surface area contributed by atoms with Gasteiger partial charge in [-0.05, 0) is 17.7 Å². The van der Waals surface area contributed by atoms with Crippen molar-refractivity contribution in [2.24, 2.45) is 0 Å². The quantitative estimate of drug-likeness (QED) is 0.930. The third kappa shape index (κ3) is 3.42. The fourth-order valence-corrected chi connectivity index (χ4v) is 1.85. The molecule has 0 unspecified atom stereocenters. The van der Waals surface area contributed by atoms with Crippen molar-refractivity contribution in [1.29, 1.82) is 0 Å². The summed E-state index contributed by atoms with van der Waals surface area (Å²) in [5.74, 6) is -0.592. The van der Waals surface area contributed by atoms with Gasteiger partial charge < -0.3 is 10.0 Å². The Hall–Kier alpha value is -2.14. The fourth-order valence-electron chi connectivity index (χ4n) is 1.63. The number of hydrogen-bond donors (Lipinski definition) is 1. The van der Waals surface area contributed by atoms with E-state index in [1.54, 1.807) is 6.07 Å². The first-order valence-corrected chi connectivity index (χ1v) is 5.95. The number of nitrogens with zero attached hydrogens (tertiary/aromatic N) is 3. The van der Waals surface area contributed by atoms with Gasteiger partial charge in [-0.1, -0.05) is 23.7 Å². The molecule has 1 heterocycles. The maximum absolute atomic E-state index is 10.8. The van der Waals surface area contributed by atoms with Crippen LogP contribution in [-0.2, 0) is 6.54 Å². The lowest BCUT2D eigenvalue weighted by atomic mass is 10.2. The molecule has 98 valence electrons. The molecule has 0 radical (unpaired) electrons. The minimum absolute atomic E-state index is 0.0737. The maximum Gasteiger partial charge on any atom is 0.356 e. The molecule has 0 saturated heterocycles. The number of carboxylic acid groups (broad SMARTS) is 1. The van der Waals surface area contributed by atoms with E-state index in [0.29, 0.717) is 17.4 Å². The molecule has 1 aromatic heterocycles. The molecular formula is C13H12ClN3O2. The van der Waals surface area contributed by atoms with E-state index < -0.39 is 5.97 Å². The van der Waals surface area contributed by atoms with Crippen LogP contribution in [0.15, 0.2) is 36.7 Å². The summed E-state index contributed by atoms with van der Waals surface area (Å²) in [7, 11) is 1.82. The summed E-state index contributed by atoms with van der Waals surface area (Å²) in [6, 6.07) is 7.46. The highest BCUT2D eigenvalue weighted by atomic mass is 35.5. The van der Waals surface area contributed by atoms with Crippen LogP contribution in [0.4, 0.5) is 5.82 Å². The Labute approximate surface area is 115 Å². The predicted octanol–water partition coefficient (Wildman–Crippen LogP) is 2.46. The molecule has 0 aliphatic heterocycles. The third-order valence-electron chi connectivity index (χ3n) is 2.54. The summed E-state index contributed by atoms with van der Waals surface area (Å²) in [4.78, 5) is 20.5. The van der Waals surface area contributed by atoms with Gasteiger partial charge in [0.05, 0.1) is 12.4 Å². The SMILES string of the molecule is CN(Cc1cccc(Cl)c1)c1cncc(C(=O)O)n1. The molecule has 0 saturated carbocycles. The van der Waals surface area contributed by atoms with Gasteiger partial charge >= 0.3 is 5.97 Å². The van der Waals surface area contributed by atoms with Crippen molar-refractivity contribution >= 4 is 23.4 Å². The largest absolute Gasteiger partial charge is 0.476 e. The number of aromatic nitrogens is 2. The molecule has 6 heteroatoms. The molecule has 1 aromatic carbocycles. The molecule has 19 heavy (non-hydrogen) atoms. The summed E-state index contributed by atoms with van der Waals surface area (Å²) in [5.41, 5.74) is 0.938. The normalized spacial score (nSPS) is 10.2. The molecule has 0 amide bonds. The first kappa shape index (κ1) is 13.3. The van der Waals surface area contributed by atoms with Crippen molar-refractivity contribution < 1.29 is 9.90 Å². The van der Waals surface area contributed by atoms with Gasteiger partial charge in [0.1, 0.15) is 5.82 Å². The van der Waals surface area contributed by atoms with Gasteiger partial charge in [-0.3, -0.25) is 4.98 Å². The smallest absolute Gasteiger partial charge is 0.356 e. The van der Waals surface area contributed by atoms with Crippen LogP contribution in [0.5, 0.6) is 0 Å². The molecule has 0 fully saturated rings. The van der Waals surface area contributed by atoms with E-state index >= 15 is 0 Å². The molecule has 0 atom stereocenters. The Morgan fingerprint density at radius 3 is 2.89 bits per heavy atom. The number of carbonyl (C=O) groups is 1. The minimum atomic E-state index is -1.09. The first-order chi connectivity index (χ1) is 9.06. The van der Waals surface area contributed by atoms with E-state index in [9.17, 15) is 4.79 Å². The van der Waals surface area contributed by atoms with Crippen molar-refractivity contribution in [1.82, 2.24) is 9.97 Å². The zero-order valence-corrected chi connectivity index (χ0v) is 11.0. The van der Waals surface area contributed by atoms with Gasteiger partial charge in [0.25, 0.3) is 0 Å². The van der Waals surface area contributed by atoms with Gasteiger partial charge in [0, 0.05) is 18.6 Å². The predicted molar refractivity (Wildman–Crippen MR) is 72.6 cm³/mol. The number of hydrogen-bond acceptors (Lipinski definition) is 4. The zero-order valence-electron chi connectivity index (χ0n) is 10.2.